The lowest BCUT2D eigenvalue weighted by Gasteiger charge is -2.26. The van der Waals surface area contributed by atoms with Gasteiger partial charge < -0.3 is 9.13 Å². The third kappa shape index (κ3) is 6.54. The van der Waals surface area contributed by atoms with Crippen molar-refractivity contribution < 1.29 is 0 Å². The predicted octanol–water partition coefficient (Wildman–Crippen LogP) is 22.1. The van der Waals surface area contributed by atoms with Crippen LogP contribution in [0.4, 0.5) is 5.69 Å². The summed E-state index contributed by atoms with van der Waals surface area (Å²) in [5.74, 6) is 0. The third-order valence-electron chi connectivity index (χ3n) is 16.6. The van der Waals surface area contributed by atoms with E-state index < -0.39 is 0 Å². The lowest BCUT2D eigenvalue weighted by atomic mass is 9.88. The molecule has 0 aliphatic heterocycles. The molecule has 5 heterocycles. The van der Waals surface area contributed by atoms with Gasteiger partial charge in [0.15, 0.2) is 0 Å². The number of fused-ring (bicyclic) bond motifs is 18. The standard InChI is InChI=1S/C74H40N4S3/c1-76-66-65(45-23-9-4-10-24-45)71(78-69-54(36-39-57-51-28-14-17-31-62(51)80-73(57)69)55-37-40-58-52-29-15-18-32-63(52)81-74(58)70(55)78)64(44-21-7-3-8-22-44)59(42-75)67(66)77-60-41-46(48-26-12-11-25-47(48)43-19-5-2-6-20-43)33-34-49(60)53-35-38-56-50-27-13-16-30-61(50)79-72(56)68(53)77/h2-41H. The molecule has 374 valence electrons. The Balaban J connectivity index is 1.12. The molecule has 0 radical (unpaired) electrons. The van der Waals surface area contributed by atoms with Gasteiger partial charge in [-0.25, -0.2) is 4.85 Å². The van der Waals surface area contributed by atoms with Crippen LogP contribution in [0.15, 0.2) is 243 Å². The van der Waals surface area contributed by atoms with Crippen LogP contribution in [0.2, 0.25) is 0 Å². The molecule has 0 saturated heterocycles. The highest BCUT2D eigenvalue weighted by Crippen LogP contribution is 2.56. The van der Waals surface area contributed by atoms with Crippen molar-refractivity contribution in [3.63, 3.8) is 0 Å². The average Bonchev–Trinajstić information content (AvgIpc) is 3.87. The average molecular weight is 1080 g/mol. The molecule has 0 spiro atoms. The maximum Gasteiger partial charge on any atom is 0.221 e. The topological polar surface area (TPSA) is 38.0 Å². The molecule has 12 aromatic carbocycles. The van der Waals surface area contributed by atoms with Gasteiger partial charge in [0.1, 0.15) is 6.07 Å². The van der Waals surface area contributed by atoms with Crippen LogP contribution in [0.1, 0.15) is 5.56 Å². The maximum atomic E-state index is 12.6. The fraction of sp³-hybridized carbons (Fsp3) is 0. The van der Waals surface area contributed by atoms with Crippen molar-refractivity contribution in [2.24, 2.45) is 0 Å². The molecule has 0 fully saturated rings. The quantitative estimate of drug-likeness (QED) is 0.153. The summed E-state index contributed by atoms with van der Waals surface area (Å²) in [5.41, 5.74) is 13.9. The van der Waals surface area contributed by atoms with Crippen molar-refractivity contribution in [2.75, 3.05) is 0 Å². The summed E-state index contributed by atoms with van der Waals surface area (Å²) >= 11 is 5.39. The van der Waals surface area contributed by atoms with Gasteiger partial charge >= 0.3 is 0 Å². The van der Waals surface area contributed by atoms with Crippen molar-refractivity contribution >= 4 is 144 Å². The maximum absolute atomic E-state index is 12.6. The molecule has 0 bridgehead atoms. The van der Waals surface area contributed by atoms with Gasteiger partial charge in [0.2, 0.25) is 5.69 Å². The summed E-state index contributed by atoms with van der Waals surface area (Å²) in [7, 11) is 0. The van der Waals surface area contributed by atoms with Crippen molar-refractivity contribution in [3.8, 4) is 62.0 Å². The van der Waals surface area contributed by atoms with E-state index in [4.69, 9.17) is 4.85 Å². The Morgan fingerprint density at radius 2 is 0.741 bits per heavy atom. The third-order valence-corrected chi connectivity index (χ3v) is 20.2. The molecule has 0 N–H and O–H groups in total. The highest BCUT2D eigenvalue weighted by atomic mass is 32.1. The molecule has 0 atom stereocenters. The van der Waals surface area contributed by atoms with Crippen LogP contribution < -0.4 is 0 Å². The molecule has 0 aliphatic rings. The van der Waals surface area contributed by atoms with Gasteiger partial charge in [0, 0.05) is 79.1 Å². The Morgan fingerprint density at radius 3 is 1.23 bits per heavy atom. The van der Waals surface area contributed by atoms with E-state index in [0.717, 1.165) is 113 Å². The van der Waals surface area contributed by atoms with E-state index >= 15 is 0 Å². The Labute approximate surface area is 476 Å². The van der Waals surface area contributed by atoms with E-state index in [1.807, 2.05) is 34.8 Å². The van der Waals surface area contributed by atoms with Crippen molar-refractivity contribution in [1.82, 2.24) is 9.13 Å². The minimum absolute atomic E-state index is 0.404. The van der Waals surface area contributed by atoms with Crippen molar-refractivity contribution in [2.45, 2.75) is 0 Å². The van der Waals surface area contributed by atoms with Gasteiger partial charge in [-0.05, 0) is 57.6 Å². The number of benzene rings is 12. The minimum atomic E-state index is 0.404. The summed E-state index contributed by atoms with van der Waals surface area (Å²) in [4.78, 5) is 4.82. The molecule has 0 unspecified atom stereocenters. The number of hydrogen-bond acceptors (Lipinski definition) is 4. The van der Waals surface area contributed by atoms with Crippen LogP contribution in [0, 0.1) is 17.9 Å². The van der Waals surface area contributed by atoms with E-state index in [1.165, 1.54) is 41.0 Å². The second-order valence-corrected chi connectivity index (χ2v) is 23.9. The largest absolute Gasteiger partial charge is 0.316 e. The van der Waals surface area contributed by atoms with E-state index in [9.17, 15) is 11.8 Å². The summed E-state index contributed by atoms with van der Waals surface area (Å²) in [5, 5.41) is 24.0. The monoisotopic (exact) mass is 1080 g/mol. The van der Waals surface area contributed by atoms with Gasteiger partial charge in [-0.2, -0.15) is 5.26 Å². The van der Waals surface area contributed by atoms with Crippen LogP contribution in [0.25, 0.3) is 165 Å². The zero-order chi connectivity index (χ0) is 53.4. The molecule has 0 amide bonds. The normalized spacial score (nSPS) is 11.9. The van der Waals surface area contributed by atoms with E-state index in [0.29, 0.717) is 16.9 Å². The summed E-state index contributed by atoms with van der Waals surface area (Å²) in [6, 6.07) is 89.6. The van der Waals surface area contributed by atoms with E-state index in [-0.39, 0.29) is 0 Å². The van der Waals surface area contributed by atoms with Gasteiger partial charge in [0.25, 0.3) is 0 Å². The first-order valence-corrected chi connectivity index (χ1v) is 29.4. The smallest absolute Gasteiger partial charge is 0.221 e. The lowest BCUT2D eigenvalue weighted by molar-refractivity contribution is 1.15. The van der Waals surface area contributed by atoms with Gasteiger partial charge in [-0.15, -0.1) is 34.0 Å². The molecule has 17 rings (SSSR count). The van der Waals surface area contributed by atoms with Crippen LogP contribution in [-0.4, -0.2) is 9.13 Å². The minimum Gasteiger partial charge on any atom is -0.316 e. The Bertz CT molecular complexity index is 5400. The molecule has 0 saturated carbocycles. The molecule has 0 aliphatic carbocycles. The fourth-order valence-corrected chi connectivity index (χ4v) is 16.9. The van der Waals surface area contributed by atoms with Crippen LogP contribution >= 0.6 is 34.0 Å². The van der Waals surface area contributed by atoms with Crippen molar-refractivity contribution in [1.29, 1.82) is 5.26 Å². The first-order chi connectivity index (χ1) is 40.1. The number of rotatable bonds is 6. The predicted molar refractivity (Wildman–Crippen MR) is 347 cm³/mol. The van der Waals surface area contributed by atoms with Gasteiger partial charge in [-0.3, -0.25) is 0 Å². The summed E-state index contributed by atoms with van der Waals surface area (Å²) < 4.78 is 11.8. The van der Waals surface area contributed by atoms with Gasteiger partial charge in [-0.1, -0.05) is 218 Å². The summed E-state index contributed by atoms with van der Waals surface area (Å²) in [6.45, 7) is 9.85. The molecular formula is C74H40N4S3. The van der Waals surface area contributed by atoms with Gasteiger partial charge in [0.05, 0.1) is 59.7 Å². The first-order valence-electron chi connectivity index (χ1n) is 27.0. The zero-order valence-corrected chi connectivity index (χ0v) is 45.6. The highest BCUT2D eigenvalue weighted by molar-refractivity contribution is 7.27. The van der Waals surface area contributed by atoms with Crippen LogP contribution in [0.5, 0.6) is 0 Å². The number of thiophene rings is 3. The second-order valence-electron chi connectivity index (χ2n) is 20.8. The number of nitrogens with zero attached hydrogens (tertiary/aromatic N) is 4. The number of aromatic nitrogens is 2. The SMILES string of the molecule is [C-]#[N+]c1c(-c2ccccc2)c(-n2c3c(ccc4c5ccccc5sc43)c3ccc4c5ccccc5sc4c32)c(-c2ccccc2)c(C#N)c1-n1c2cc(-c3ccccc3-c3ccccc3)ccc2c2ccc3c4ccccc4sc3c21. The first kappa shape index (κ1) is 45.9. The fourth-order valence-electron chi connectivity index (χ4n) is 13.2. The number of hydrogen-bond donors (Lipinski definition) is 0. The highest BCUT2D eigenvalue weighted by Gasteiger charge is 2.34. The molecule has 4 nitrogen and oxygen atoms in total. The Kier molecular flexibility index (Phi) is 10.0. The number of nitriles is 1. The van der Waals surface area contributed by atoms with E-state index in [1.54, 1.807) is 11.3 Å². The molecule has 17 aromatic rings. The van der Waals surface area contributed by atoms with Crippen LogP contribution in [-0.2, 0) is 0 Å². The van der Waals surface area contributed by atoms with Crippen LogP contribution in [0.3, 0.4) is 0 Å². The molecule has 7 heteroatoms. The second kappa shape index (κ2) is 17.7. The lowest BCUT2D eigenvalue weighted by Crippen LogP contribution is -2.08. The molecule has 5 aromatic heterocycles. The molecular weight excluding hydrogens is 1040 g/mol. The Hall–Kier alpha value is -10.1. The summed E-state index contributed by atoms with van der Waals surface area (Å²) in [6.07, 6.45) is 0. The van der Waals surface area contributed by atoms with Crippen molar-refractivity contribution in [3.05, 3.63) is 260 Å². The Morgan fingerprint density at radius 1 is 0.346 bits per heavy atom. The van der Waals surface area contributed by atoms with E-state index in [2.05, 4.69) is 246 Å². The molecule has 81 heavy (non-hydrogen) atoms. The zero-order valence-electron chi connectivity index (χ0n) is 43.1.